The summed E-state index contributed by atoms with van der Waals surface area (Å²) in [5.74, 6) is 1.02. The van der Waals surface area contributed by atoms with Gasteiger partial charge in [-0.1, -0.05) is 31.2 Å². The smallest absolute Gasteiger partial charge is 0.257 e. The van der Waals surface area contributed by atoms with E-state index in [0.29, 0.717) is 11.9 Å². The lowest BCUT2D eigenvalue weighted by molar-refractivity contribution is 0.0642. The van der Waals surface area contributed by atoms with Crippen molar-refractivity contribution >= 4 is 5.91 Å². The van der Waals surface area contributed by atoms with Gasteiger partial charge < -0.3 is 9.80 Å². The molecule has 6 rings (SSSR count). The van der Waals surface area contributed by atoms with Crippen molar-refractivity contribution < 1.29 is 4.79 Å². The number of likely N-dealkylation sites (N-methyl/N-ethyl adjacent to an activating group) is 1. The van der Waals surface area contributed by atoms with E-state index in [4.69, 9.17) is 4.98 Å². The predicted octanol–water partition coefficient (Wildman–Crippen LogP) is 3.08. The van der Waals surface area contributed by atoms with E-state index < -0.39 is 0 Å². The quantitative estimate of drug-likeness (QED) is 0.639. The summed E-state index contributed by atoms with van der Waals surface area (Å²) in [4.78, 5) is 27.4. The Morgan fingerprint density at radius 3 is 2.59 bits per heavy atom. The van der Waals surface area contributed by atoms with Crippen molar-refractivity contribution in [2.24, 2.45) is 0 Å². The number of aromatic nitrogens is 4. The number of nitrogens with zero attached hydrogens (tertiary/aromatic N) is 6. The molecule has 2 fully saturated rings. The Morgan fingerprint density at radius 2 is 1.81 bits per heavy atom. The SMILES string of the molecule is CCN1CCN(C(=O)c2cnn(-c3ncc4c(n3)-c3ccccc3CC4)c2C2CC2)CC1. The van der Waals surface area contributed by atoms with Gasteiger partial charge in [0.1, 0.15) is 0 Å². The highest BCUT2D eigenvalue weighted by Crippen LogP contribution is 2.43. The number of amides is 1. The number of carbonyl (C=O) groups excluding carboxylic acids is 1. The van der Waals surface area contributed by atoms with Crippen LogP contribution in [0.5, 0.6) is 0 Å². The molecule has 3 heterocycles. The summed E-state index contributed by atoms with van der Waals surface area (Å²) in [6, 6.07) is 8.47. The van der Waals surface area contributed by atoms with Gasteiger partial charge in [-0.15, -0.1) is 0 Å². The topological polar surface area (TPSA) is 67.2 Å². The molecule has 1 aliphatic heterocycles. The highest BCUT2D eigenvalue weighted by molar-refractivity contribution is 5.95. The molecule has 7 nitrogen and oxygen atoms in total. The minimum Gasteiger partial charge on any atom is -0.336 e. The first-order valence-corrected chi connectivity index (χ1v) is 11.8. The lowest BCUT2D eigenvalue weighted by atomic mass is 9.90. The van der Waals surface area contributed by atoms with E-state index in [9.17, 15) is 4.79 Å². The Morgan fingerprint density at radius 1 is 1.03 bits per heavy atom. The van der Waals surface area contributed by atoms with E-state index in [1.165, 1.54) is 16.7 Å². The lowest BCUT2D eigenvalue weighted by Gasteiger charge is -2.34. The van der Waals surface area contributed by atoms with Gasteiger partial charge in [0.2, 0.25) is 0 Å². The minimum atomic E-state index is 0.0946. The normalized spacial score (nSPS) is 18.3. The third-order valence-corrected chi connectivity index (χ3v) is 7.09. The van der Waals surface area contributed by atoms with Crippen LogP contribution >= 0.6 is 0 Å². The van der Waals surface area contributed by atoms with Crippen LogP contribution in [0, 0.1) is 0 Å². The zero-order valence-electron chi connectivity index (χ0n) is 18.5. The van der Waals surface area contributed by atoms with Crippen molar-refractivity contribution in [1.29, 1.82) is 0 Å². The first-order chi connectivity index (χ1) is 15.7. The minimum absolute atomic E-state index is 0.0946. The molecule has 7 heteroatoms. The molecule has 1 saturated heterocycles. The van der Waals surface area contributed by atoms with Crippen LogP contribution in [-0.2, 0) is 12.8 Å². The highest BCUT2D eigenvalue weighted by Gasteiger charge is 2.35. The molecule has 3 aromatic rings. The number of hydrogen-bond donors (Lipinski definition) is 0. The van der Waals surface area contributed by atoms with Gasteiger partial charge in [0.05, 0.1) is 23.1 Å². The Labute approximate surface area is 188 Å². The molecule has 1 saturated carbocycles. The molecule has 0 radical (unpaired) electrons. The molecule has 164 valence electrons. The van der Waals surface area contributed by atoms with Gasteiger partial charge >= 0.3 is 0 Å². The van der Waals surface area contributed by atoms with E-state index in [0.717, 1.165) is 75.4 Å². The van der Waals surface area contributed by atoms with Crippen LogP contribution in [0.4, 0.5) is 0 Å². The summed E-state index contributed by atoms with van der Waals surface area (Å²) < 4.78 is 1.82. The molecule has 2 aliphatic carbocycles. The van der Waals surface area contributed by atoms with E-state index >= 15 is 0 Å². The first kappa shape index (κ1) is 19.6. The average molecular weight is 429 g/mol. The summed E-state index contributed by atoms with van der Waals surface area (Å²) in [5.41, 5.74) is 6.39. The molecule has 1 aromatic carbocycles. The molecular weight excluding hydrogens is 400 g/mol. The third-order valence-electron chi connectivity index (χ3n) is 7.09. The van der Waals surface area contributed by atoms with E-state index in [2.05, 4.69) is 46.2 Å². The second-order valence-corrected chi connectivity index (χ2v) is 9.06. The largest absolute Gasteiger partial charge is 0.336 e. The number of piperazine rings is 1. The van der Waals surface area contributed by atoms with Gasteiger partial charge in [-0.05, 0) is 43.4 Å². The third kappa shape index (κ3) is 3.32. The summed E-state index contributed by atoms with van der Waals surface area (Å²) in [5, 5.41) is 4.63. The van der Waals surface area contributed by atoms with E-state index in [1.807, 2.05) is 15.8 Å². The number of carbonyl (C=O) groups is 1. The maximum Gasteiger partial charge on any atom is 0.257 e. The van der Waals surface area contributed by atoms with Gasteiger partial charge in [-0.2, -0.15) is 5.10 Å². The lowest BCUT2D eigenvalue weighted by Crippen LogP contribution is -2.48. The number of hydrogen-bond acceptors (Lipinski definition) is 5. The van der Waals surface area contributed by atoms with Gasteiger partial charge in [-0.25, -0.2) is 14.6 Å². The van der Waals surface area contributed by atoms with Crippen molar-refractivity contribution in [1.82, 2.24) is 29.5 Å². The maximum absolute atomic E-state index is 13.4. The standard InChI is InChI=1S/C25H28N6O/c1-2-29-11-13-30(14-12-29)24(32)21-16-27-31(23(21)18-8-9-18)25-26-15-19-10-7-17-5-3-4-6-20(17)22(19)28-25/h3-6,15-16,18H,2,7-14H2,1H3. The molecule has 2 aromatic heterocycles. The van der Waals surface area contributed by atoms with E-state index in [-0.39, 0.29) is 5.91 Å². The predicted molar refractivity (Wildman–Crippen MR) is 122 cm³/mol. The van der Waals surface area contributed by atoms with Gasteiger partial charge in [0.25, 0.3) is 11.9 Å². The van der Waals surface area contributed by atoms with Crippen LogP contribution in [0.3, 0.4) is 0 Å². The van der Waals surface area contributed by atoms with Gasteiger partial charge in [0.15, 0.2) is 0 Å². The van der Waals surface area contributed by atoms with Crippen molar-refractivity contribution in [3.05, 3.63) is 59.0 Å². The molecule has 0 N–H and O–H groups in total. The number of benzene rings is 1. The Kier molecular flexibility index (Phi) is 4.79. The zero-order valence-corrected chi connectivity index (χ0v) is 18.5. The molecule has 32 heavy (non-hydrogen) atoms. The molecule has 1 amide bonds. The summed E-state index contributed by atoms with van der Waals surface area (Å²) in [6.45, 7) is 6.61. The number of fused-ring (bicyclic) bond motifs is 3. The van der Waals surface area contributed by atoms with Crippen molar-refractivity contribution in [3.8, 4) is 17.2 Å². The Hall–Kier alpha value is -3.06. The molecule has 0 bridgehead atoms. The fourth-order valence-electron chi connectivity index (χ4n) is 5.02. The molecule has 3 aliphatic rings. The van der Waals surface area contributed by atoms with Crippen LogP contribution < -0.4 is 0 Å². The number of rotatable bonds is 4. The fraction of sp³-hybridized carbons (Fsp3) is 0.440. The van der Waals surface area contributed by atoms with Crippen molar-refractivity contribution in [2.45, 2.75) is 38.5 Å². The molecule has 0 unspecified atom stereocenters. The average Bonchev–Trinajstić information content (AvgIpc) is 3.60. The van der Waals surface area contributed by atoms with Crippen LogP contribution in [0.25, 0.3) is 17.2 Å². The molecule has 0 atom stereocenters. The molecular formula is C25H28N6O. The zero-order chi connectivity index (χ0) is 21.7. The summed E-state index contributed by atoms with van der Waals surface area (Å²) in [7, 11) is 0. The second kappa shape index (κ2) is 7.81. The Bertz CT molecular complexity index is 1170. The van der Waals surface area contributed by atoms with Crippen LogP contribution in [0.2, 0.25) is 0 Å². The first-order valence-electron chi connectivity index (χ1n) is 11.8. The van der Waals surface area contributed by atoms with Crippen LogP contribution in [0.15, 0.2) is 36.7 Å². The monoisotopic (exact) mass is 428 g/mol. The summed E-state index contributed by atoms with van der Waals surface area (Å²) >= 11 is 0. The van der Waals surface area contributed by atoms with E-state index in [1.54, 1.807) is 6.20 Å². The highest BCUT2D eigenvalue weighted by atomic mass is 16.2. The van der Waals surface area contributed by atoms with Crippen molar-refractivity contribution in [2.75, 3.05) is 32.7 Å². The summed E-state index contributed by atoms with van der Waals surface area (Å²) in [6.07, 6.45) is 7.82. The molecule has 0 spiro atoms. The van der Waals surface area contributed by atoms with Crippen LogP contribution in [-0.4, -0.2) is 68.2 Å². The van der Waals surface area contributed by atoms with Crippen molar-refractivity contribution in [3.63, 3.8) is 0 Å². The number of aryl methyl sites for hydroxylation is 2. The van der Waals surface area contributed by atoms with Gasteiger partial charge in [0, 0.05) is 43.9 Å². The fourth-order valence-corrected chi connectivity index (χ4v) is 5.02. The Balaban J connectivity index is 1.36. The second-order valence-electron chi connectivity index (χ2n) is 9.06. The van der Waals surface area contributed by atoms with Gasteiger partial charge in [-0.3, -0.25) is 4.79 Å². The van der Waals surface area contributed by atoms with Crippen LogP contribution in [0.1, 0.15) is 52.9 Å². The maximum atomic E-state index is 13.4.